The SMILES string of the molecule is O=C1COCc2ccccc2N1CCCCN1CCN(c2ccccc2Cl)CC1. The Kier molecular flexibility index (Phi) is 6.70. The number of anilines is 2. The van der Waals surface area contributed by atoms with E-state index in [-0.39, 0.29) is 12.5 Å². The number of carbonyl (C=O) groups is 1. The predicted molar refractivity (Wildman–Crippen MR) is 118 cm³/mol. The first-order valence-electron chi connectivity index (χ1n) is 10.4. The highest BCUT2D eigenvalue weighted by atomic mass is 35.5. The molecule has 0 bridgehead atoms. The monoisotopic (exact) mass is 413 g/mol. The Bertz CT molecular complexity index is 836. The first-order valence-corrected chi connectivity index (χ1v) is 10.8. The number of fused-ring (bicyclic) bond motifs is 1. The second-order valence-electron chi connectivity index (χ2n) is 7.65. The van der Waals surface area contributed by atoms with Crippen molar-refractivity contribution in [3.63, 3.8) is 0 Å². The molecule has 29 heavy (non-hydrogen) atoms. The molecule has 2 heterocycles. The van der Waals surface area contributed by atoms with Gasteiger partial charge in [-0.1, -0.05) is 41.9 Å². The van der Waals surface area contributed by atoms with Crippen LogP contribution in [0.2, 0.25) is 5.02 Å². The Morgan fingerprint density at radius 1 is 0.828 bits per heavy atom. The minimum absolute atomic E-state index is 0.0586. The minimum atomic E-state index is 0.0586. The zero-order valence-corrected chi connectivity index (χ0v) is 17.5. The third kappa shape index (κ3) is 4.92. The van der Waals surface area contributed by atoms with Crippen LogP contribution in [0.15, 0.2) is 48.5 Å². The number of amides is 1. The topological polar surface area (TPSA) is 36.0 Å². The first-order chi connectivity index (χ1) is 14.2. The summed E-state index contributed by atoms with van der Waals surface area (Å²) in [7, 11) is 0. The highest BCUT2D eigenvalue weighted by Crippen LogP contribution is 2.26. The van der Waals surface area contributed by atoms with Crippen molar-refractivity contribution >= 4 is 28.9 Å². The molecule has 0 spiro atoms. The molecule has 0 aromatic heterocycles. The van der Waals surface area contributed by atoms with Crippen molar-refractivity contribution in [1.29, 1.82) is 0 Å². The first kappa shape index (κ1) is 20.2. The lowest BCUT2D eigenvalue weighted by Crippen LogP contribution is -2.46. The van der Waals surface area contributed by atoms with Gasteiger partial charge in [0.25, 0.3) is 5.91 Å². The molecule has 0 unspecified atom stereocenters. The van der Waals surface area contributed by atoms with Crippen LogP contribution in [0.25, 0.3) is 0 Å². The van der Waals surface area contributed by atoms with Gasteiger partial charge in [-0.3, -0.25) is 9.69 Å². The van der Waals surface area contributed by atoms with Crippen LogP contribution in [0.1, 0.15) is 18.4 Å². The van der Waals surface area contributed by atoms with Crippen molar-refractivity contribution in [1.82, 2.24) is 4.90 Å². The lowest BCUT2D eigenvalue weighted by atomic mass is 10.1. The average molecular weight is 414 g/mol. The third-order valence-corrected chi connectivity index (χ3v) is 6.06. The smallest absolute Gasteiger partial charge is 0.252 e. The molecule has 0 aliphatic carbocycles. The molecule has 1 fully saturated rings. The number of carbonyl (C=O) groups excluding carboxylic acids is 1. The van der Waals surface area contributed by atoms with Gasteiger partial charge in [0.05, 0.1) is 17.3 Å². The molecular weight excluding hydrogens is 386 g/mol. The second-order valence-corrected chi connectivity index (χ2v) is 8.06. The predicted octanol–water partition coefficient (Wildman–Crippen LogP) is 3.81. The fourth-order valence-electron chi connectivity index (χ4n) is 4.13. The maximum absolute atomic E-state index is 12.4. The highest BCUT2D eigenvalue weighted by molar-refractivity contribution is 6.33. The van der Waals surface area contributed by atoms with Crippen LogP contribution in [0.4, 0.5) is 11.4 Å². The largest absolute Gasteiger partial charge is 0.368 e. The number of halogens is 1. The number of hydrogen-bond donors (Lipinski definition) is 0. The molecule has 0 N–H and O–H groups in total. The number of hydrogen-bond acceptors (Lipinski definition) is 4. The number of para-hydroxylation sites is 2. The van der Waals surface area contributed by atoms with Crippen molar-refractivity contribution < 1.29 is 9.53 Å². The Labute approximate surface area is 177 Å². The van der Waals surface area contributed by atoms with Crippen LogP contribution in [0.5, 0.6) is 0 Å². The van der Waals surface area contributed by atoms with Crippen LogP contribution in [0.3, 0.4) is 0 Å². The van der Waals surface area contributed by atoms with E-state index in [0.717, 1.165) is 74.1 Å². The lowest BCUT2D eigenvalue weighted by molar-refractivity contribution is -0.123. The summed E-state index contributed by atoms with van der Waals surface area (Å²) >= 11 is 6.33. The number of ether oxygens (including phenoxy) is 1. The van der Waals surface area contributed by atoms with Gasteiger partial charge in [0, 0.05) is 44.0 Å². The second kappa shape index (κ2) is 9.61. The molecule has 4 rings (SSSR count). The van der Waals surface area contributed by atoms with Gasteiger partial charge in [0.15, 0.2) is 0 Å². The Balaban J connectivity index is 1.23. The lowest BCUT2D eigenvalue weighted by Gasteiger charge is -2.36. The molecule has 6 heteroatoms. The third-order valence-electron chi connectivity index (χ3n) is 5.74. The maximum Gasteiger partial charge on any atom is 0.252 e. The van der Waals surface area contributed by atoms with Gasteiger partial charge in [-0.25, -0.2) is 0 Å². The van der Waals surface area contributed by atoms with Crippen LogP contribution < -0.4 is 9.80 Å². The summed E-state index contributed by atoms with van der Waals surface area (Å²) in [4.78, 5) is 19.2. The summed E-state index contributed by atoms with van der Waals surface area (Å²) in [6, 6.07) is 16.1. The standard InChI is InChI=1S/C23H28ClN3O2/c24-20-8-2-4-10-22(20)26-15-13-25(14-16-26)11-5-6-12-27-21-9-3-1-7-19(21)17-29-18-23(27)28/h1-4,7-10H,5-6,11-18H2. The minimum Gasteiger partial charge on any atom is -0.368 e. The summed E-state index contributed by atoms with van der Waals surface area (Å²) in [5, 5.41) is 0.826. The van der Waals surface area contributed by atoms with Crippen molar-refractivity contribution in [3.05, 3.63) is 59.1 Å². The average Bonchev–Trinajstić information content (AvgIpc) is 2.90. The molecule has 2 aromatic rings. The fraction of sp³-hybridized carbons (Fsp3) is 0.435. The summed E-state index contributed by atoms with van der Waals surface area (Å²) < 4.78 is 5.51. The molecule has 1 amide bonds. The molecule has 1 saturated heterocycles. The molecule has 2 aromatic carbocycles. The zero-order valence-electron chi connectivity index (χ0n) is 16.7. The van der Waals surface area contributed by atoms with Crippen molar-refractivity contribution in [2.45, 2.75) is 19.4 Å². The molecule has 0 saturated carbocycles. The van der Waals surface area contributed by atoms with E-state index in [1.807, 2.05) is 47.4 Å². The van der Waals surface area contributed by atoms with Gasteiger partial charge in [0.2, 0.25) is 0 Å². The van der Waals surface area contributed by atoms with Gasteiger partial charge in [0.1, 0.15) is 6.61 Å². The summed E-state index contributed by atoms with van der Waals surface area (Å²) in [6.07, 6.45) is 2.07. The number of nitrogens with zero attached hydrogens (tertiary/aromatic N) is 3. The van der Waals surface area contributed by atoms with E-state index in [2.05, 4.69) is 15.9 Å². The van der Waals surface area contributed by atoms with Gasteiger partial charge < -0.3 is 14.5 Å². The fourth-order valence-corrected chi connectivity index (χ4v) is 4.38. The van der Waals surface area contributed by atoms with Crippen LogP contribution >= 0.6 is 11.6 Å². The Morgan fingerprint density at radius 2 is 1.52 bits per heavy atom. The molecule has 154 valence electrons. The van der Waals surface area contributed by atoms with Crippen LogP contribution in [0, 0.1) is 0 Å². The summed E-state index contributed by atoms with van der Waals surface area (Å²) in [6.45, 7) is 6.58. The maximum atomic E-state index is 12.4. The van der Waals surface area contributed by atoms with Gasteiger partial charge in [-0.15, -0.1) is 0 Å². The van der Waals surface area contributed by atoms with E-state index in [9.17, 15) is 4.79 Å². The molecule has 2 aliphatic heterocycles. The van der Waals surface area contributed by atoms with E-state index in [4.69, 9.17) is 16.3 Å². The number of piperazine rings is 1. The number of unbranched alkanes of at least 4 members (excludes halogenated alkanes) is 1. The summed E-state index contributed by atoms with van der Waals surface area (Å²) in [5.41, 5.74) is 3.23. The quantitative estimate of drug-likeness (QED) is 0.675. The molecule has 0 atom stereocenters. The van der Waals surface area contributed by atoms with Gasteiger partial charge in [-0.2, -0.15) is 0 Å². The van der Waals surface area contributed by atoms with E-state index in [0.29, 0.717) is 6.61 Å². The van der Waals surface area contributed by atoms with E-state index >= 15 is 0 Å². The summed E-state index contributed by atoms with van der Waals surface area (Å²) in [5.74, 6) is 0.0586. The highest BCUT2D eigenvalue weighted by Gasteiger charge is 2.22. The Morgan fingerprint density at radius 3 is 2.31 bits per heavy atom. The van der Waals surface area contributed by atoms with Crippen LogP contribution in [-0.2, 0) is 16.1 Å². The molecule has 5 nitrogen and oxygen atoms in total. The molecule has 0 radical (unpaired) electrons. The van der Waals surface area contributed by atoms with Gasteiger partial charge in [-0.05, 0) is 37.6 Å². The van der Waals surface area contributed by atoms with Crippen molar-refractivity contribution in [3.8, 4) is 0 Å². The van der Waals surface area contributed by atoms with E-state index < -0.39 is 0 Å². The number of benzene rings is 2. The Hall–Kier alpha value is -2.08. The zero-order chi connectivity index (χ0) is 20.1. The normalized spacial score (nSPS) is 17.9. The van der Waals surface area contributed by atoms with Gasteiger partial charge >= 0.3 is 0 Å². The number of rotatable bonds is 6. The molecular formula is C23H28ClN3O2. The van der Waals surface area contributed by atoms with Crippen molar-refractivity contribution in [2.24, 2.45) is 0 Å². The van der Waals surface area contributed by atoms with E-state index in [1.165, 1.54) is 0 Å². The molecule has 2 aliphatic rings. The van der Waals surface area contributed by atoms with Crippen molar-refractivity contribution in [2.75, 3.05) is 55.7 Å². The van der Waals surface area contributed by atoms with E-state index in [1.54, 1.807) is 0 Å². The van der Waals surface area contributed by atoms with Crippen LogP contribution in [-0.4, -0.2) is 56.7 Å².